The molecule has 1 aromatic carbocycles. The van der Waals surface area contributed by atoms with E-state index in [2.05, 4.69) is 11.1 Å². The number of carbonyl (C=O) groups is 1. The molecule has 0 fully saturated rings. The van der Waals surface area contributed by atoms with Crippen LogP contribution in [0.15, 0.2) is 42.6 Å². The summed E-state index contributed by atoms with van der Waals surface area (Å²) >= 11 is 1.37. The van der Waals surface area contributed by atoms with Gasteiger partial charge in [-0.15, -0.1) is 11.3 Å². The van der Waals surface area contributed by atoms with E-state index in [1.165, 1.54) is 16.9 Å². The van der Waals surface area contributed by atoms with Crippen molar-refractivity contribution >= 4 is 38.8 Å². The maximum absolute atomic E-state index is 12.8. The summed E-state index contributed by atoms with van der Waals surface area (Å²) in [5.41, 5.74) is 8.89. The number of nitrogens with zero attached hydrogens (tertiary/aromatic N) is 2. The van der Waals surface area contributed by atoms with Gasteiger partial charge in [0.25, 0.3) is 5.91 Å². The molecule has 0 aliphatic carbocycles. The number of para-hydroxylation sites is 1. The molecule has 0 bridgehead atoms. The van der Waals surface area contributed by atoms with E-state index in [1.54, 1.807) is 6.20 Å². The zero-order chi connectivity index (χ0) is 14.4. The average molecular weight is 295 g/mol. The van der Waals surface area contributed by atoms with Gasteiger partial charge in [0, 0.05) is 23.8 Å². The first-order valence-corrected chi connectivity index (χ1v) is 7.60. The second-order valence-electron chi connectivity index (χ2n) is 5.04. The molecule has 4 rings (SSSR count). The fourth-order valence-corrected chi connectivity index (χ4v) is 3.79. The summed E-state index contributed by atoms with van der Waals surface area (Å²) in [6.07, 6.45) is 2.61. The number of nitrogen functional groups attached to an aromatic ring is 1. The Morgan fingerprint density at radius 2 is 2.10 bits per heavy atom. The number of hydrogen-bond donors (Lipinski definition) is 1. The lowest BCUT2D eigenvalue weighted by atomic mass is 10.2. The van der Waals surface area contributed by atoms with Crippen LogP contribution in [0.4, 0.5) is 11.4 Å². The molecule has 21 heavy (non-hydrogen) atoms. The summed E-state index contributed by atoms with van der Waals surface area (Å²) in [5, 5.41) is 0.860. The molecule has 3 heterocycles. The average Bonchev–Trinajstić information content (AvgIpc) is 3.09. The quantitative estimate of drug-likeness (QED) is 0.750. The number of hydrogen-bond acceptors (Lipinski definition) is 4. The van der Waals surface area contributed by atoms with E-state index in [4.69, 9.17) is 5.73 Å². The number of pyridine rings is 1. The van der Waals surface area contributed by atoms with Gasteiger partial charge in [0.2, 0.25) is 0 Å². The number of amides is 1. The molecular weight excluding hydrogens is 282 g/mol. The van der Waals surface area contributed by atoms with Gasteiger partial charge in [-0.3, -0.25) is 4.79 Å². The Morgan fingerprint density at radius 1 is 1.24 bits per heavy atom. The maximum Gasteiger partial charge on any atom is 0.270 e. The van der Waals surface area contributed by atoms with Crippen LogP contribution >= 0.6 is 11.3 Å². The van der Waals surface area contributed by atoms with Crippen molar-refractivity contribution in [1.29, 1.82) is 0 Å². The topological polar surface area (TPSA) is 59.2 Å². The number of aromatic nitrogens is 1. The Balaban J connectivity index is 1.80. The molecule has 0 saturated heterocycles. The van der Waals surface area contributed by atoms with E-state index in [-0.39, 0.29) is 5.91 Å². The minimum Gasteiger partial charge on any atom is -0.397 e. The van der Waals surface area contributed by atoms with Crippen LogP contribution in [0.2, 0.25) is 0 Å². The van der Waals surface area contributed by atoms with Gasteiger partial charge in [-0.05, 0) is 30.2 Å². The molecule has 0 radical (unpaired) electrons. The van der Waals surface area contributed by atoms with Gasteiger partial charge in [0.1, 0.15) is 9.71 Å². The van der Waals surface area contributed by atoms with Crippen LogP contribution in [0, 0.1) is 0 Å². The van der Waals surface area contributed by atoms with Gasteiger partial charge >= 0.3 is 0 Å². The summed E-state index contributed by atoms with van der Waals surface area (Å²) in [7, 11) is 0. The van der Waals surface area contributed by atoms with Crippen molar-refractivity contribution in [3.63, 3.8) is 0 Å². The van der Waals surface area contributed by atoms with Crippen molar-refractivity contribution in [2.24, 2.45) is 0 Å². The lowest BCUT2D eigenvalue weighted by molar-refractivity contribution is 0.0994. The maximum atomic E-state index is 12.8. The molecule has 1 aliphatic heterocycles. The van der Waals surface area contributed by atoms with E-state index in [0.717, 1.165) is 22.3 Å². The number of fused-ring (bicyclic) bond motifs is 2. The van der Waals surface area contributed by atoms with Crippen LogP contribution in [-0.2, 0) is 6.42 Å². The standard InChI is InChI=1S/C16H13N3OS/c17-13-11-5-3-8-18-15(11)21-14(13)16(20)19-9-7-10-4-1-2-6-12(10)19/h1-6,8H,7,9,17H2. The number of thiophene rings is 1. The second kappa shape index (κ2) is 4.56. The summed E-state index contributed by atoms with van der Waals surface area (Å²) in [6, 6.07) is 11.8. The van der Waals surface area contributed by atoms with Crippen LogP contribution in [0.5, 0.6) is 0 Å². The van der Waals surface area contributed by atoms with Crippen molar-refractivity contribution in [3.05, 3.63) is 53.0 Å². The number of nitrogens with two attached hydrogens (primary N) is 1. The molecule has 5 heteroatoms. The minimum absolute atomic E-state index is 0.0274. The van der Waals surface area contributed by atoms with Crippen LogP contribution in [0.3, 0.4) is 0 Å². The highest BCUT2D eigenvalue weighted by molar-refractivity contribution is 7.21. The predicted molar refractivity (Wildman–Crippen MR) is 85.9 cm³/mol. The summed E-state index contributed by atoms with van der Waals surface area (Å²) in [5.74, 6) is -0.0274. The smallest absolute Gasteiger partial charge is 0.270 e. The van der Waals surface area contributed by atoms with Crippen LogP contribution in [0.1, 0.15) is 15.2 Å². The highest BCUT2D eigenvalue weighted by Gasteiger charge is 2.28. The Kier molecular flexibility index (Phi) is 2.68. The first-order valence-electron chi connectivity index (χ1n) is 6.78. The Labute approximate surface area is 125 Å². The number of benzene rings is 1. The van der Waals surface area contributed by atoms with E-state index in [9.17, 15) is 4.79 Å². The SMILES string of the molecule is Nc1c(C(=O)N2CCc3ccccc32)sc2ncccc12. The fourth-order valence-electron chi connectivity index (χ4n) is 2.78. The molecule has 4 nitrogen and oxygen atoms in total. The van der Waals surface area contributed by atoms with E-state index < -0.39 is 0 Å². The summed E-state index contributed by atoms with van der Waals surface area (Å²) < 4.78 is 0. The highest BCUT2D eigenvalue weighted by Crippen LogP contribution is 2.36. The third-order valence-corrected chi connectivity index (χ3v) is 4.95. The van der Waals surface area contributed by atoms with Crippen LogP contribution in [-0.4, -0.2) is 17.4 Å². The Bertz CT molecular complexity index is 856. The molecule has 0 saturated carbocycles. The lowest BCUT2D eigenvalue weighted by Crippen LogP contribution is -2.28. The molecule has 0 unspecified atom stereocenters. The van der Waals surface area contributed by atoms with Crippen molar-refractivity contribution in [2.45, 2.75) is 6.42 Å². The van der Waals surface area contributed by atoms with Gasteiger partial charge in [-0.1, -0.05) is 18.2 Å². The van der Waals surface area contributed by atoms with E-state index >= 15 is 0 Å². The first-order chi connectivity index (χ1) is 10.3. The molecule has 104 valence electrons. The van der Waals surface area contributed by atoms with Gasteiger partial charge in [-0.2, -0.15) is 0 Å². The largest absolute Gasteiger partial charge is 0.397 e. The molecule has 3 aromatic rings. The first kappa shape index (κ1) is 12.3. The molecule has 2 aromatic heterocycles. The summed E-state index contributed by atoms with van der Waals surface area (Å²) in [6.45, 7) is 0.708. The number of anilines is 2. The van der Waals surface area contributed by atoms with Crippen LogP contribution in [0.25, 0.3) is 10.2 Å². The monoisotopic (exact) mass is 295 g/mol. The Hall–Kier alpha value is -2.40. The van der Waals surface area contributed by atoms with Gasteiger partial charge in [-0.25, -0.2) is 4.98 Å². The normalized spacial score (nSPS) is 13.6. The summed E-state index contributed by atoms with van der Waals surface area (Å²) in [4.78, 5) is 20.3. The third kappa shape index (κ3) is 1.81. The Morgan fingerprint density at radius 3 is 2.95 bits per heavy atom. The molecular formula is C16H13N3OS. The second-order valence-corrected chi connectivity index (χ2v) is 6.04. The van der Waals surface area contributed by atoms with Crippen molar-refractivity contribution in [1.82, 2.24) is 4.98 Å². The number of carbonyl (C=O) groups excluding carboxylic acids is 1. The molecule has 0 spiro atoms. The predicted octanol–water partition coefficient (Wildman–Crippen LogP) is 3.08. The zero-order valence-corrected chi connectivity index (χ0v) is 12.1. The zero-order valence-electron chi connectivity index (χ0n) is 11.2. The van der Waals surface area contributed by atoms with Gasteiger partial charge < -0.3 is 10.6 Å². The van der Waals surface area contributed by atoms with Crippen LogP contribution < -0.4 is 10.6 Å². The van der Waals surface area contributed by atoms with Crippen molar-refractivity contribution in [3.8, 4) is 0 Å². The molecule has 1 aliphatic rings. The molecule has 1 amide bonds. The fraction of sp³-hybridized carbons (Fsp3) is 0.125. The molecule has 0 atom stereocenters. The lowest BCUT2D eigenvalue weighted by Gasteiger charge is -2.16. The molecule has 2 N–H and O–H groups in total. The van der Waals surface area contributed by atoms with Gasteiger partial charge in [0.15, 0.2) is 0 Å². The minimum atomic E-state index is -0.0274. The van der Waals surface area contributed by atoms with Crippen molar-refractivity contribution in [2.75, 3.05) is 17.2 Å². The highest BCUT2D eigenvalue weighted by atomic mass is 32.1. The van der Waals surface area contributed by atoms with Gasteiger partial charge in [0.05, 0.1) is 5.69 Å². The third-order valence-electron chi connectivity index (χ3n) is 3.83. The van der Waals surface area contributed by atoms with Crippen molar-refractivity contribution < 1.29 is 4.79 Å². The van der Waals surface area contributed by atoms with E-state index in [0.29, 0.717) is 17.1 Å². The number of rotatable bonds is 1. The van der Waals surface area contributed by atoms with E-state index in [1.807, 2.05) is 35.2 Å².